The molecule has 1 atom stereocenters. The minimum Gasteiger partial charge on any atom is -0.481 e. The van der Waals surface area contributed by atoms with Crippen LogP contribution in [-0.2, 0) is 4.79 Å². The molecule has 1 aromatic heterocycles. The second-order valence-corrected chi connectivity index (χ2v) is 4.54. The highest BCUT2D eigenvalue weighted by molar-refractivity contribution is 7.14. The Bertz CT molecular complexity index is 338. The van der Waals surface area contributed by atoms with Crippen LogP contribution in [0.15, 0.2) is 11.4 Å². The van der Waals surface area contributed by atoms with Crippen molar-refractivity contribution < 1.29 is 9.90 Å². The van der Waals surface area contributed by atoms with Gasteiger partial charge in [-0.05, 0) is 23.9 Å². The number of nitrogens with zero attached hydrogens (tertiary/aromatic N) is 1. The van der Waals surface area contributed by atoms with Gasteiger partial charge in [0.1, 0.15) is 0 Å². The zero-order valence-electron chi connectivity index (χ0n) is 8.93. The molecule has 0 bridgehead atoms. The van der Waals surface area contributed by atoms with Crippen LogP contribution < -0.4 is 10.6 Å². The van der Waals surface area contributed by atoms with Crippen molar-refractivity contribution in [3.63, 3.8) is 0 Å². The highest BCUT2D eigenvalue weighted by Crippen LogP contribution is 2.25. The molecular weight excluding hydrogens is 212 g/mol. The summed E-state index contributed by atoms with van der Waals surface area (Å²) in [5.74, 6) is -0.848. The largest absolute Gasteiger partial charge is 0.481 e. The Hall–Kier alpha value is -1.07. The maximum absolute atomic E-state index is 10.4. The summed E-state index contributed by atoms with van der Waals surface area (Å²) in [4.78, 5) is 12.5. The Labute approximate surface area is 93.3 Å². The molecule has 0 amide bonds. The number of aliphatic carboxylic acids is 1. The van der Waals surface area contributed by atoms with Gasteiger partial charge in [0.25, 0.3) is 0 Å². The Balaban J connectivity index is 2.52. The Morgan fingerprint density at radius 3 is 2.87 bits per heavy atom. The first-order chi connectivity index (χ1) is 7.00. The molecule has 84 valence electrons. The number of carbonyl (C=O) groups is 1. The minimum atomic E-state index is -0.848. The molecule has 0 aromatic carbocycles. The Kier molecular flexibility index (Phi) is 4.11. The standard InChI is InChI=1S/C10H16N2O2S/c1-7-3-4-15-10(7)12(2)6-8(11)5-9(13)14/h3-4,8H,5-6,11H2,1-2H3,(H,13,14). The van der Waals surface area contributed by atoms with E-state index in [1.54, 1.807) is 11.3 Å². The number of aryl methyl sites for hydroxylation is 1. The number of thiophene rings is 1. The summed E-state index contributed by atoms with van der Waals surface area (Å²) in [7, 11) is 1.93. The molecule has 1 rings (SSSR count). The average molecular weight is 228 g/mol. The van der Waals surface area contributed by atoms with E-state index >= 15 is 0 Å². The van der Waals surface area contributed by atoms with E-state index in [1.807, 2.05) is 30.3 Å². The monoisotopic (exact) mass is 228 g/mol. The van der Waals surface area contributed by atoms with Crippen LogP contribution in [0.25, 0.3) is 0 Å². The third-order valence-corrected chi connectivity index (χ3v) is 3.26. The molecule has 1 aromatic rings. The van der Waals surface area contributed by atoms with Gasteiger partial charge in [0.05, 0.1) is 11.4 Å². The number of hydrogen-bond donors (Lipinski definition) is 2. The lowest BCUT2D eigenvalue weighted by Crippen LogP contribution is -2.36. The summed E-state index contributed by atoms with van der Waals surface area (Å²) in [6, 6.07) is 1.72. The van der Waals surface area contributed by atoms with E-state index in [4.69, 9.17) is 10.8 Å². The molecule has 0 radical (unpaired) electrons. The van der Waals surface area contributed by atoms with Crippen molar-refractivity contribution >= 4 is 22.3 Å². The molecule has 0 aliphatic heterocycles. The number of hydrogen-bond acceptors (Lipinski definition) is 4. The fourth-order valence-electron chi connectivity index (χ4n) is 1.48. The average Bonchev–Trinajstić information content (AvgIpc) is 2.49. The zero-order chi connectivity index (χ0) is 11.4. The van der Waals surface area contributed by atoms with Gasteiger partial charge in [-0.1, -0.05) is 0 Å². The van der Waals surface area contributed by atoms with E-state index < -0.39 is 5.97 Å². The van der Waals surface area contributed by atoms with Gasteiger partial charge < -0.3 is 15.7 Å². The predicted octanol–water partition coefficient (Wildman–Crippen LogP) is 1.29. The van der Waals surface area contributed by atoms with Gasteiger partial charge in [-0.15, -0.1) is 11.3 Å². The smallest absolute Gasteiger partial charge is 0.304 e. The van der Waals surface area contributed by atoms with Crippen LogP contribution in [0.2, 0.25) is 0 Å². The molecule has 0 fully saturated rings. The van der Waals surface area contributed by atoms with Crippen molar-refractivity contribution in [3.8, 4) is 0 Å². The summed E-state index contributed by atoms with van der Waals surface area (Å²) in [5, 5.41) is 11.8. The first-order valence-corrected chi connectivity index (χ1v) is 5.61. The second kappa shape index (κ2) is 5.14. The number of rotatable bonds is 5. The number of anilines is 1. The Morgan fingerprint density at radius 1 is 1.73 bits per heavy atom. The normalized spacial score (nSPS) is 12.5. The van der Waals surface area contributed by atoms with E-state index in [-0.39, 0.29) is 12.5 Å². The first-order valence-electron chi connectivity index (χ1n) is 4.73. The molecule has 0 saturated carbocycles. The van der Waals surface area contributed by atoms with Crippen molar-refractivity contribution in [2.24, 2.45) is 5.73 Å². The maximum Gasteiger partial charge on any atom is 0.304 e. The fourth-order valence-corrected chi connectivity index (χ4v) is 2.39. The third-order valence-electron chi connectivity index (χ3n) is 2.13. The van der Waals surface area contributed by atoms with Gasteiger partial charge in [0.2, 0.25) is 0 Å². The highest BCUT2D eigenvalue weighted by Gasteiger charge is 2.13. The fraction of sp³-hybridized carbons (Fsp3) is 0.500. The minimum absolute atomic E-state index is 0.00869. The molecule has 0 spiro atoms. The molecule has 4 nitrogen and oxygen atoms in total. The van der Waals surface area contributed by atoms with E-state index in [2.05, 4.69) is 0 Å². The van der Waals surface area contributed by atoms with Crippen LogP contribution in [0.5, 0.6) is 0 Å². The summed E-state index contributed by atoms with van der Waals surface area (Å²) in [6.07, 6.45) is 0.00869. The number of carboxylic acid groups (broad SMARTS) is 1. The van der Waals surface area contributed by atoms with Crippen LogP contribution in [0.3, 0.4) is 0 Å². The van der Waals surface area contributed by atoms with E-state index in [0.717, 1.165) is 5.00 Å². The molecule has 1 unspecified atom stereocenters. The van der Waals surface area contributed by atoms with Crippen molar-refractivity contribution in [2.75, 3.05) is 18.5 Å². The molecule has 0 saturated heterocycles. The van der Waals surface area contributed by atoms with Crippen molar-refractivity contribution in [3.05, 3.63) is 17.0 Å². The predicted molar refractivity (Wildman–Crippen MR) is 62.6 cm³/mol. The molecule has 0 aliphatic carbocycles. The van der Waals surface area contributed by atoms with Crippen LogP contribution in [0.1, 0.15) is 12.0 Å². The number of carboxylic acids is 1. The summed E-state index contributed by atoms with van der Waals surface area (Å²) in [5.41, 5.74) is 6.91. The first kappa shape index (κ1) is 12.0. The van der Waals surface area contributed by atoms with Crippen molar-refractivity contribution in [2.45, 2.75) is 19.4 Å². The van der Waals surface area contributed by atoms with Gasteiger partial charge in [-0.3, -0.25) is 4.79 Å². The molecule has 0 aliphatic rings. The third kappa shape index (κ3) is 3.53. The van der Waals surface area contributed by atoms with Crippen LogP contribution in [0, 0.1) is 6.92 Å². The van der Waals surface area contributed by atoms with Gasteiger partial charge in [0, 0.05) is 19.6 Å². The second-order valence-electron chi connectivity index (χ2n) is 3.65. The molecule has 5 heteroatoms. The number of nitrogens with two attached hydrogens (primary N) is 1. The van der Waals surface area contributed by atoms with E-state index in [0.29, 0.717) is 6.54 Å². The lowest BCUT2D eigenvalue weighted by atomic mass is 10.2. The van der Waals surface area contributed by atoms with E-state index in [9.17, 15) is 4.79 Å². The van der Waals surface area contributed by atoms with E-state index in [1.165, 1.54) is 5.56 Å². The summed E-state index contributed by atoms with van der Waals surface area (Å²) < 4.78 is 0. The van der Waals surface area contributed by atoms with Gasteiger partial charge >= 0.3 is 5.97 Å². The van der Waals surface area contributed by atoms with Crippen LogP contribution in [-0.4, -0.2) is 30.7 Å². The van der Waals surface area contributed by atoms with Gasteiger partial charge in [-0.25, -0.2) is 0 Å². The lowest BCUT2D eigenvalue weighted by molar-refractivity contribution is -0.137. The summed E-state index contributed by atoms with van der Waals surface area (Å²) >= 11 is 1.64. The highest BCUT2D eigenvalue weighted by atomic mass is 32.1. The van der Waals surface area contributed by atoms with Gasteiger partial charge in [0.15, 0.2) is 0 Å². The zero-order valence-corrected chi connectivity index (χ0v) is 9.75. The lowest BCUT2D eigenvalue weighted by Gasteiger charge is -2.21. The van der Waals surface area contributed by atoms with Crippen LogP contribution >= 0.6 is 11.3 Å². The number of likely N-dealkylation sites (N-methyl/N-ethyl adjacent to an activating group) is 1. The molecular formula is C10H16N2O2S. The Morgan fingerprint density at radius 2 is 2.40 bits per heavy atom. The molecule has 3 N–H and O–H groups in total. The molecule has 15 heavy (non-hydrogen) atoms. The maximum atomic E-state index is 10.4. The van der Waals surface area contributed by atoms with Crippen molar-refractivity contribution in [1.29, 1.82) is 0 Å². The molecule has 1 heterocycles. The van der Waals surface area contributed by atoms with Gasteiger partial charge in [-0.2, -0.15) is 0 Å². The topological polar surface area (TPSA) is 66.6 Å². The van der Waals surface area contributed by atoms with Crippen molar-refractivity contribution in [1.82, 2.24) is 0 Å². The van der Waals surface area contributed by atoms with Crippen LogP contribution in [0.4, 0.5) is 5.00 Å². The summed E-state index contributed by atoms with van der Waals surface area (Å²) in [6.45, 7) is 2.60. The quantitative estimate of drug-likeness (QED) is 0.797. The SMILES string of the molecule is Cc1ccsc1N(C)CC(N)CC(=O)O.